The normalized spacial score (nSPS) is 11.1. The Morgan fingerprint density at radius 1 is 1.05 bits per heavy atom. The molecule has 0 amide bonds. The molecule has 0 aliphatic carbocycles. The molecule has 0 heterocycles. The number of hydrogen-bond acceptors (Lipinski definition) is 3. The number of ether oxygens (including phenoxy) is 1. The quantitative estimate of drug-likeness (QED) is 0.847. The third kappa shape index (κ3) is 3.27. The predicted octanol–water partition coefficient (Wildman–Crippen LogP) is 3.36. The number of para-hydroxylation sites is 1. The van der Waals surface area contributed by atoms with E-state index in [0.717, 1.165) is 5.56 Å². The van der Waals surface area contributed by atoms with E-state index in [0.29, 0.717) is 5.75 Å². The van der Waals surface area contributed by atoms with Gasteiger partial charge in [-0.25, -0.2) is 8.42 Å². The summed E-state index contributed by atoms with van der Waals surface area (Å²) in [5, 5.41) is 0. The highest BCUT2D eigenvalue weighted by Gasteiger charge is 2.19. The van der Waals surface area contributed by atoms with Crippen LogP contribution >= 0.6 is 0 Å². The van der Waals surface area contributed by atoms with Crippen molar-refractivity contribution in [3.63, 3.8) is 0 Å². The molecule has 0 bridgehead atoms. The van der Waals surface area contributed by atoms with Gasteiger partial charge < -0.3 is 4.74 Å². The highest BCUT2D eigenvalue weighted by molar-refractivity contribution is 7.95. The highest BCUT2D eigenvalue weighted by Crippen LogP contribution is 2.19. The number of benzene rings is 2. The Kier molecular flexibility index (Phi) is 4.25. The van der Waals surface area contributed by atoms with Crippen molar-refractivity contribution in [2.75, 3.05) is 6.61 Å². The molecule has 0 aliphatic heterocycles. The summed E-state index contributed by atoms with van der Waals surface area (Å²) in [6.45, 7) is 5.48. The average Bonchev–Trinajstić information content (AvgIpc) is 2.46. The van der Waals surface area contributed by atoms with Crippen LogP contribution in [0.4, 0.5) is 0 Å². The Bertz CT molecular complexity index is 686. The molecule has 0 fully saturated rings. The van der Waals surface area contributed by atoms with Crippen molar-refractivity contribution in [1.82, 2.24) is 0 Å². The van der Waals surface area contributed by atoms with Crippen LogP contribution in [0, 0.1) is 6.92 Å². The zero-order chi connectivity index (χ0) is 14.6. The van der Waals surface area contributed by atoms with E-state index in [-0.39, 0.29) is 16.4 Å². The van der Waals surface area contributed by atoms with Gasteiger partial charge in [-0.3, -0.25) is 0 Å². The first-order valence-corrected chi connectivity index (χ1v) is 7.66. The van der Waals surface area contributed by atoms with Gasteiger partial charge in [-0.05, 0) is 31.2 Å². The molecule has 0 saturated carbocycles. The Labute approximate surface area is 119 Å². The molecule has 2 aromatic carbocycles. The second-order valence-electron chi connectivity index (χ2n) is 4.46. The van der Waals surface area contributed by atoms with E-state index in [1.165, 1.54) is 0 Å². The molecule has 2 aromatic rings. The molecule has 20 heavy (non-hydrogen) atoms. The lowest BCUT2D eigenvalue weighted by Crippen LogP contribution is -2.11. The number of hydrogen-bond donors (Lipinski definition) is 0. The lowest BCUT2D eigenvalue weighted by molar-refractivity contribution is 0.358. The molecule has 3 nitrogen and oxygen atoms in total. The fourth-order valence-electron chi connectivity index (χ4n) is 1.64. The largest absolute Gasteiger partial charge is 0.488 e. The summed E-state index contributed by atoms with van der Waals surface area (Å²) in [5.74, 6) is 0.618. The highest BCUT2D eigenvalue weighted by atomic mass is 32.2. The SMILES string of the molecule is C=C(COc1ccccc1)S(=O)(=O)c1ccc(C)cc1. The number of rotatable bonds is 5. The van der Waals surface area contributed by atoms with Crippen LogP contribution in [0.2, 0.25) is 0 Å². The minimum atomic E-state index is -3.55. The molecule has 0 unspecified atom stereocenters. The maximum atomic E-state index is 12.3. The summed E-state index contributed by atoms with van der Waals surface area (Å²) in [6.07, 6.45) is 0. The Hall–Kier alpha value is -2.07. The van der Waals surface area contributed by atoms with Gasteiger partial charge in [0.25, 0.3) is 0 Å². The van der Waals surface area contributed by atoms with Crippen LogP contribution in [0.1, 0.15) is 5.56 Å². The molecule has 0 aromatic heterocycles. The van der Waals surface area contributed by atoms with E-state index in [2.05, 4.69) is 6.58 Å². The Balaban J connectivity index is 2.10. The third-order valence-electron chi connectivity index (χ3n) is 2.85. The van der Waals surface area contributed by atoms with Gasteiger partial charge in [-0.1, -0.05) is 42.5 Å². The van der Waals surface area contributed by atoms with Crippen molar-refractivity contribution in [3.8, 4) is 5.75 Å². The fraction of sp³-hybridized carbons (Fsp3) is 0.125. The van der Waals surface area contributed by atoms with Gasteiger partial charge >= 0.3 is 0 Å². The van der Waals surface area contributed by atoms with Crippen LogP contribution in [0.5, 0.6) is 5.75 Å². The zero-order valence-electron chi connectivity index (χ0n) is 11.2. The van der Waals surface area contributed by atoms with Crippen LogP contribution < -0.4 is 4.74 Å². The maximum Gasteiger partial charge on any atom is 0.205 e. The molecule has 0 radical (unpaired) electrons. The summed E-state index contributed by atoms with van der Waals surface area (Å²) in [6, 6.07) is 15.7. The third-order valence-corrected chi connectivity index (χ3v) is 4.63. The minimum absolute atomic E-state index is 0.0465. The smallest absolute Gasteiger partial charge is 0.205 e. The first-order valence-electron chi connectivity index (χ1n) is 6.17. The van der Waals surface area contributed by atoms with E-state index in [1.54, 1.807) is 36.4 Å². The van der Waals surface area contributed by atoms with Crippen LogP contribution in [-0.2, 0) is 9.84 Å². The van der Waals surface area contributed by atoms with E-state index >= 15 is 0 Å². The van der Waals surface area contributed by atoms with Crippen molar-refractivity contribution in [1.29, 1.82) is 0 Å². The summed E-state index contributed by atoms with van der Waals surface area (Å²) >= 11 is 0. The van der Waals surface area contributed by atoms with E-state index in [4.69, 9.17) is 4.74 Å². The number of aryl methyl sites for hydroxylation is 1. The van der Waals surface area contributed by atoms with Gasteiger partial charge in [-0.15, -0.1) is 0 Å². The van der Waals surface area contributed by atoms with Gasteiger partial charge in [0.1, 0.15) is 12.4 Å². The van der Waals surface area contributed by atoms with Crippen molar-refractivity contribution in [3.05, 3.63) is 71.6 Å². The van der Waals surface area contributed by atoms with Crippen LogP contribution in [0.15, 0.2) is 71.0 Å². The van der Waals surface area contributed by atoms with Crippen LogP contribution in [-0.4, -0.2) is 15.0 Å². The topological polar surface area (TPSA) is 43.4 Å². The zero-order valence-corrected chi connectivity index (χ0v) is 12.1. The summed E-state index contributed by atoms with van der Waals surface area (Å²) in [4.78, 5) is 0.287. The van der Waals surface area contributed by atoms with Gasteiger partial charge in [0.15, 0.2) is 0 Å². The molecule has 2 rings (SSSR count). The maximum absolute atomic E-state index is 12.3. The molecular weight excluding hydrogens is 272 g/mol. The van der Waals surface area contributed by atoms with E-state index < -0.39 is 9.84 Å². The standard InChI is InChI=1S/C16H16O3S/c1-13-8-10-16(11-9-13)20(17,18)14(2)12-19-15-6-4-3-5-7-15/h3-11H,2,12H2,1H3. The monoisotopic (exact) mass is 288 g/mol. The molecule has 0 spiro atoms. The average molecular weight is 288 g/mol. The molecule has 0 N–H and O–H groups in total. The van der Waals surface area contributed by atoms with Gasteiger partial charge in [0.05, 0.1) is 9.80 Å². The van der Waals surface area contributed by atoms with E-state index in [9.17, 15) is 8.42 Å². The van der Waals surface area contributed by atoms with E-state index in [1.807, 2.05) is 25.1 Å². The van der Waals surface area contributed by atoms with Crippen molar-refractivity contribution in [2.45, 2.75) is 11.8 Å². The molecule has 0 aliphatic rings. The summed E-state index contributed by atoms with van der Waals surface area (Å²) in [7, 11) is -3.55. The first-order chi connectivity index (χ1) is 9.50. The van der Waals surface area contributed by atoms with Gasteiger partial charge in [0.2, 0.25) is 9.84 Å². The summed E-state index contributed by atoms with van der Waals surface area (Å²) in [5.41, 5.74) is 1.01. The molecule has 104 valence electrons. The van der Waals surface area contributed by atoms with Gasteiger partial charge in [0, 0.05) is 0 Å². The summed E-state index contributed by atoms with van der Waals surface area (Å²) < 4.78 is 30.0. The van der Waals surface area contributed by atoms with Crippen LogP contribution in [0.25, 0.3) is 0 Å². The Morgan fingerprint density at radius 3 is 2.25 bits per heavy atom. The predicted molar refractivity (Wildman–Crippen MR) is 79.4 cm³/mol. The van der Waals surface area contributed by atoms with Crippen molar-refractivity contribution < 1.29 is 13.2 Å². The molecule has 0 atom stereocenters. The second kappa shape index (κ2) is 5.92. The lowest BCUT2D eigenvalue weighted by atomic mass is 10.2. The van der Waals surface area contributed by atoms with Crippen molar-refractivity contribution in [2.24, 2.45) is 0 Å². The lowest BCUT2D eigenvalue weighted by Gasteiger charge is -2.10. The van der Waals surface area contributed by atoms with Gasteiger partial charge in [-0.2, -0.15) is 0 Å². The first kappa shape index (κ1) is 14.3. The molecular formula is C16H16O3S. The molecule has 4 heteroatoms. The number of sulfone groups is 1. The van der Waals surface area contributed by atoms with Crippen LogP contribution in [0.3, 0.4) is 0 Å². The van der Waals surface area contributed by atoms with Crippen molar-refractivity contribution >= 4 is 9.84 Å². The Morgan fingerprint density at radius 2 is 1.65 bits per heavy atom. The minimum Gasteiger partial charge on any atom is -0.488 e. The second-order valence-corrected chi connectivity index (χ2v) is 6.51. The molecule has 0 saturated heterocycles. The fourth-order valence-corrected chi connectivity index (χ4v) is 2.68.